The van der Waals surface area contributed by atoms with Gasteiger partial charge >= 0.3 is 0 Å². The Kier molecular flexibility index (Phi) is 5.59. The lowest BCUT2D eigenvalue weighted by Crippen LogP contribution is -2.28. The Morgan fingerprint density at radius 2 is 1.79 bits per heavy atom. The second-order valence-corrected chi connectivity index (χ2v) is 7.32. The number of nitrogens with zero attached hydrogens (tertiary/aromatic N) is 1. The van der Waals surface area contributed by atoms with Crippen molar-refractivity contribution in [1.82, 2.24) is 4.90 Å². The molecule has 0 radical (unpaired) electrons. The molecule has 1 atom stereocenters. The van der Waals surface area contributed by atoms with Crippen LogP contribution in [0, 0.1) is 0 Å². The summed E-state index contributed by atoms with van der Waals surface area (Å²) in [4.78, 5) is 2.50. The molecule has 0 bridgehead atoms. The number of benzene rings is 2. The molecular weight excluding hydrogens is 358 g/mol. The number of ether oxygens (including phenoxy) is 4. The van der Waals surface area contributed by atoms with Crippen LogP contribution in [0.2, 0.25) is 0 Å². The molecule has 2 aliphatic heterocycles. The SMILES string of the molecule is COc1cc(CCC(C)N2Cc3cc4c(cc3C2)OCO4)ccc1OCCO. The normalized spacial score (nSPS) is 16.1. The number of hydrogen-bond donors (Lipinski definition) is 1. The van der Waals surface area contributed by atoms with Crippen LogP contribution >= 0.6 is 0 Å². The van der Waals surface area contributed by atoms with E-state index in [2.05, 4.69) is 30.0 Å². The molecule has 0 saturated heterocycles. The van der Waals surface area contributed by atoms with Crippen LogP contribution in [-0.2, 0) is 19.5 Å². The highest BCUT2D eigenvalue weighted by molar-refractivity contribution is 5.50. The molecule has 150 valence electrons. The second-order valence-electron chi connectivity index (χ2n) is 7.32. The predicted octanol–water partition coefficient (Wildman–Crippen LogP) is 3.13. The van der Waals surface area contributed by atoms with Crippen molar-refractivity contribution in [2.75, 3.05) is 27.1 Å². The van der Waals surface area contributed by atoms with Crippen molar-refractivity contribution in [3.8, 4) is 23.0 Å². The summed E-state index contributed by atoms with van der Waals surface area (Å²) in [5.41, 5.74) is 3.89. The molecule has 2 aromatic rings. The summed E-state index contributed by atoms with van der Waals surface area (Å²) in [6.07, 6.45) is 2.02. The molecule has 0 aromatic heterocycles. The van der Waals surface area contributed by atoms with Gasteiger partial charge in [0.15, 0.2) is 23.0 Å². The topological polar surface area (TPSA) is 60.4 Å². The fraction of sp³-hybridized carbons (Fsp3) is 0.455. The summed E-state index contributed by atoms with van der Waals surface area (Å²) in [6.45, 7) is 4.76. The average molecular weight is 385 g/mol. The van der Waals surface area contributed by atoms with Gasteiger partial charge in [-0.1, -0.05) is 6.07 Å². The average Bonchev–Trinajstić information content (AvgIpc) is 3.34. The summed E-state index contributed by atoms with van der Waals surface area (Å²) in [5, 5.41) is 8.92. The Morgan fingerprint density at radius 3 is 2.43 bits per heavy atom. The van der Waals surface area contributed by atoms with E-state index in [4.69, 9.17) is 24.1 Å². The molecule has 6 nitrogen and oxygen atoms in total. The predicted molar refractivity (Wildman–Crippen MR) is 105 cm³/mol. The summed E-state index contributed by atoms with van der Waals surface area (Å²) in [7, 11) is 1.64. The van der Waals surface area contributed by atoms with Crippen LogP contribution in [0.4, 0.5) is 0 Å². The molecule has 1 N–H and O–H groups in total. The van der Waals surface area contributed by atoms with E-state index in [-0.39, 0.29) is 13.2 Å². The Hall–Kier alpha value is -2.44. The second kappa shape index (κ2) is 8.29. The van der Waals surface area contributed by atoms with Gasteiger partial charge in [0.25, 0.3) is 0 Å². The molecule has 0 saturated carbocycles. The number of aryl methyl sites for hydroxylation is 1. The molecular formula is C22H27NO5. The van der Waals surface area contributed by atoms with Crippen molar-refractivity contribution in [2.45, 2.75) is 38.9 Å². The number of aliphatic hydroxyl groups is 1. The zero-order valence-corrected chi connectivity index (χ0v) is 16.4. The van der Waals surface area contributed by atoms with Crippen LogP contribution < -0.4 is 18.9 Å². The standard InChI is InChI=1S/C22H27NO5/c1-15(3-4-16-5-6-19(26-8-7-24)20(9-16)25-2)23-12-17-10-21-22(28-14-27-21)11-18(17)13-23/h5-6,9-11,15,24H,3-4,7-8,12-14H2,1-2H3. The number of fused-ring (bicyclic) bond motifs is 2. The first-order valence-corrected chi connectivity index (χ1v) is 9.74. The fourth-order valence-electron chi connectivity index (χ4n) is 3.83. The molecule has 4 rings (SSSR count). The molecule has 2 aromatic carbocycles. The summed E-state index contributed by atoms with van der Waals surface area (Å²) in [6, 6.07) is 10.7. The van der Waals surface area contributed by atoms with E-state index in [9.17, 15) is 0 Å². The highest BCUT2D eigenvalue weighted by atomic mass is 16.7. The van der Waals surface area contributed by atoms with Crippen molar-refractivity contribution in [2.24, 2.45) is 0 Å². The van der Waals surface area contributed by atoms with Crippen LogP contribution in [0.15, 0.2) is 30.3 Å². The third-order valence-electron chi connectivity index (χ3n) is 5.49. The Bertz CT molecular complexity index is 805. The smallest absolute Gasteiger partial charge is 0.231 e. The largest absolute Gasteiger partial charge is 0.493 e. The Balaban J connectivity index is 1.35. The minimum atomic E-state index is -0.0120. The zero-order valence-electron chi connectivity index (χ0n) is 16.4. The van der Waals surface area contributed by atoms with E-state index in [1.807, 2.05) is 12.1 Å². The first-order chi connectivity index (χ1) is 13.7. The van der Waals surface area contributed by atoms with Gasteiger partial charge in [0.05, 0.1) is 13.7 Å². The highest BCUT2D eigenvalue weighted by Crippen LogP contribution is 2.38. The van der Waals surface area contributed by atoms with Crippen LogP contribution in [0.3, 0.4) is 0 Å². The molecule has 2 heterocycles. The third kappa shape index (κ3) is 3.88. The van der Waals surface area contributed by atoms with Gasteiger partial charge in [-0.05, 0) is 60.7 Å². The summed E-state index contributed by atoms with van der Waals surface area (Å²) in [5.74, 6) is 3.11. The maximum Gasteiger partial charge on any atom is 0.231 e. The van der Waals surface area contributed by atoms with E-state index in [0.29, 0.717) is 24.3 Å². The molecule has 0 aliphatic carbocycles. The van der Waals surface area contributed by atoms with Crippen LogP contribution in [-0.4, -0.2) is 43.2 Å². The van der Waals surface area contributed by atoms with Crippen LogP contribution in [0.5, 0.6) is 23.0 Å². The minimum absolute atomic E-state index is 0.0120. The molecule has 2 aliphatic rings. The van der Waals surface area contributed by atoms with Crippen LogP contribution in [0.25, 0.3) is 0 Å². The van der Waals surface area contributed by atoms with Gasteiger partial charge in [-0.25, -0.2) is 0 Å². The minimum Gasteiger partial charge on any atom is -0.493 e. The monoisotopic (exact) mass is 385 g/mol. The van der Waals surface area contributed by atoms with Gasteiger partial charge in [-0.3, -0.25) is 4.90 Å². The molecule has 28 heavy (non-hydrogen) atoms. The van der Waals surface area contributed by atoms with E-state index in [1.165, 1.54) is 16.7 Å². The lowest BCUT2D eigenvalue weighted by atomic mass is 10.0. The maximum atomic E-state index is 8.92. The van der Waals surface area contributed by atoms with E-state index in [0.717, 1.165) is 37.4 Å². The fourth-order valence-corrected chi connectivity index (χ4v) is 3.83. The number of hydrogen-bond acceptors (Lipinski definition) is 6. The van der Waals surface area contributed by atoms with Gasteiger partial charge in [0.2, 0.25) is 6.79 Å². The van der Waals surface area contributed by atoms with Gasteiger partial charge in [0, 0.05) is 19.1 Å². The maximum absolute atomic E-state index is 8.92. The van der Waals surface area contributed by atoms with Crippen molar-refractivity contribution in [3.05, 3.63) is 47.0 Å². The van der Waals surface area contributed by atoms with E-state index in [1.54, 1.807) is 7.11 Å². The number of rotatable bonds is 8. The van der Waals surface area contributed by atoms with Crippen molar-refractivity contribution >= 4 is 0 Å². The quantitative estimate of drug-likeness (QED) is 0.753. The van der Waals surface area contributed by atoms with E-state index < -0.39 is 0 Å². The van der Waals surface area contributed by atoms with Gasteiger partial charge in [-0.2, -0.15) is 0 Å². The van der Waals surface area contributed by atoms with Gasteiger partial charge in [-0.15, -0.1) is 0 Å². The van der Waals surface area contributed by atoms with E-state index >= 15 is 0 Å². The van der Waals surface area contributed by atoms with Crippen molar-refractivity contribution < 1.29 is 24.1 Å². The first-order valence-electron chi connectivity index (χ1n) is 9.74. The molecule has 0 fully saturated rings. The number of methoxy groups -OCH3 is 1. The van der Waals surface area contributed by atoms with Crippen LogP contribution in [0.1, 0.15) is 30.0 Å². The van der Waals surface area contributed by atoms with Gasteiger partial charge < -0.3 is 24.1 Å². The first kappa shape index (κ1) is 18.9. The molecule has 1 unspecified atom stereocenters. The Morgan fingerprint density at radius 1 is 1.07 bits per heavy atom. The summed E-state index contributed by atoms with van der Waals surface area (Å²) >= 11 is 0. The lowest BCUT2D eigenvalue weighted by molar-refractivity contribution is 0.173. The number of aliphatic hydroxyl groups excluding tert-OH is 1. The third-order valence-corrected chi connectivity index (χ3v) is 5.49. The van der Waals surface area contributed by atoms with Crippen molar-refractivity contribution in [3.63, 3.8) is 0 Å². The molecule has 0 amide bonds. The summed E-state index contributed by atoms with van der Waals surface area (Å²) < 4.78 is 21.9. The molecule has 0 spiro atoms. The zero-order chi connectivity index (χ0) is 19.5. The lowest BCUT2D eigenvalue weighted by Gasteiger charge is -2.24. The highest BCUT2D eigenvalue weighted by Gasteiger charge is 2.26. The molecule has 6 heteroatoms. The Labute approximate surface area is 165 Å². The van der Waals surface area contributed by atoms with Crippen molar-refractivity contribution in [1.29, 1.82) is 0 Å². The van der Waals surface area contributed by atoms with Gasteiger partial charge in [0.1, 0.15) is 6.61 Å².